The van der Waals surface area contributed by atoms with Crippen LogP contribution in [-0.2, 0) is 10.0 Å². The highest BCUT2D eigenvalue weighted by molar-refractivity contribution is 7.89. The molecule has 1 aliphatic rings. The molecule has 0 aromatic heterocycles. The lowest BCUT2D eigenvalue weighted by Crippen LogP contribution is -2.48. The summed E-state index contributed by atoms with van der Waals surface area (Å²) in [5, 5.41) is 0.389. The quantitative estimate of drug-likeness (QED) is 0.743. The molecular formula is C18H20Cl2N2O3S. The normalized spacial score (nSPS) is 15.9. The van der Waals surface area contributed by atoms with Gasteiger partial charge in [0.05, 0.1) is 11.6 Å². The molecule has 3 rings (SSSR count). The van der Waals surface area contributed by atoms with Crippen molar-refractivity contribution in [2.75, 3.05) is 37.7 Å². The van der Waals surface area contributed by atoms with Gasteiger partial charge >= 0.3 is 0 Å². The zero-order valence-corrected chi connectivity index (χ0v) is 16.7. The maximum atomic E-state index is 13.1. The third-order valence-electron chi connectivity index (χ3n) is 4.28. The largest absolute Gasteiger partial charge is 0.491 e. The molecule has 0 amide bonds. The van der Waals surface area contributed by atoms with Crippen molar-refractivity contribution in [2.45, 2.75) is 11.8 Å². The van der Waals surface area contributed by atoms with E-state index in [0.29, 0.717) is 32.8 Å². The van der Waals surface area contributed by atoms with Crippen LogP contribution in [0.25, 0.3) is 0 Å². The minimum atomic E-state index is -3.72. The number of benzene rings is 2. The Morgan fingerprint density at radius 1 is 1.00 bits per heavy atom. The van der Waals surface area contributed by atoms with E-state index in [1.165, 1.54) is 16.4 Å². The molecule has 0 spiro atoms. The summed E-state index contributed by atoms with van der Waals surface area (Å²) in [6, 6.07) is 12.9. The summed E-state index contributed by atoms with van der Waals surface area (Å²) in [6.07, 6.45) is 0. The van der Waals surface area contributed by atoms with Crippen LogP contribution in [0.1, 0.15) is 6.92 Å². The molecule has 1 saturated heterocycles. The molecule has 2 aromatic carbocycles. The molecule has 1 heterocycles. The molecule has 2 aromatic rings. The summed E-state index contributed by atoms with van der Waals surface area (Å²) in [6.45, 7) is 4.09. The van der Waals surface area contributed by atoms with E-state index in [0.717, 1.165) is 5.69 Å². The first-order valence-corrected chi connectivity index (χ1v) is 10.6. The molecule has 26 heavy (non-hydrogen) atoms. The molecule has 0 N–H and O–H groups in total. The number of anilines is 1. The predicted molar refractivity (Wildman–Crippen MR) is 105 cm³/mol. The average molecular weight is 415 g/mol. The lowest BCUT2D eigenvalue weighted by molar-refractivity contribution is 0.327. The van der Waals surface area contributed by atoms with E-state index < -0.39 is 10.0 Å². The van der Waals surface area contributed by atoms with Crippen molar-refractivity contribution in [1.82, 2.24) is 4.31 Å². The smallest absolute Gasteiger partial charge is 0.246 e. The lowest BCUT2D eigenvalue weighted by Gasteiger charge is -2.35. The fourth-order valence-corrected chi connectivity index (χ4v) is 4.94. The van der Waals surface area contributed by atoms with Crippen molar-refractivity contribution in [3.8, 4) is 5.75 Å². The first-order valence-electron chi connectivity index (χ1n) is 8.36. The van der Waals surface area contributed by atoms with Gasteiger partial charge in [-0.05, 0) is 31.2 Å². The molecule has 8 heteroatoms. The van der Waals surface area contributed by atoms with Gasteiger partial charge in [-0.2, -0.15) is 4.31 Å². The van der Waals surface area contributed by atoms with Crippen LogP contribution >= 0.6 is 23.2 Å². The third-order valence-corrected chi connectivity index (χ3v) is 6.99. The summed E-state index contributed by atoms with van der Waals surface area (Å²) in [5.41, 5.74) is 1.09. The highest BCUT2D eigenvalue weighted by Gasteiger charge is 2.32. The molecule has 1 aliphatic heterocycles. The Morgan fingerprint density at radius 3 is 2.27 bits per heavy atom. The Balaban J connectivity index is 1.83. The van der Waals surface area contributed by atoms with Gasteiger partial charge < -0.3 is 9.64 Å². The van der Waals surface area contributed by atoms with E-state index in [2.05, 4.69) is 4.90 Å². The highest BCUT2D eigenvalue weighted by Crippen LogP contribution is 2.39. The molecule has 0 unspecified atom stereocenters. The van der Waals surface area contributed by atoms with Crippen LogP contribution < -0.4 is 9.64 Å². The van der Waals surface area contributed by atoms with E-state index in [9.17, 15) is 8.42 Å². The Kier molecular flexibility index (Phi) is 5.97. The molecule has 1 fully saturated rings. The number of hydrogen-bond acceptors (Lipinski definition) is 4. The Bertz CT molecular complexity index is 868. The first-order chi connectivity index (χ1) is 12.4. The average Bonchev–Trinajstić information content (AvgIpc) is 2.66. The lowest BCUT2D eigenvalue weighted by atomic mass is 10.2. The predicted octanol–water partition coefficient (Wildman–Crippen LogP) is 3.90. The third kappa shape index (κ3) is 3.78. The SMILES string of the molecule is CCOc1c(S(=O)(=O)N2CCN(c3ccccc3)CC2)ccc(Cl)c1Cl. The number of para-hydroxylation sites is 1. The monoisotopic (exact) mass is 414 g/mol. The summed E-state index contributed by atoms with van der Waals surface area (Å²) >= 11 is 12.2. The van der Waals surface area contributed by atoms with Gasteiger partial charge in [0.25, 0.3) is 0 Å². The molecule has 0 aliphatic carbocycles. The Hall–Kier alpha value is -1.47. The first kappa shape index (κ1) is 19.3. The highest BCUT2D eigenvalue weighted by atomic mass is 35.5. The van der Waals surface area contributed by atoms with E-state index in [-0.39, 0.29) is 20.7 Å². The zero-order chi connectivity index (χ0) is 18.7. The second-order valence-corrected chi connectivity index (χ2v) is 8.54. The van der Waals surface area contributed by atoms with Gasteiger partial charge in [0.15, 0.2) is 5.75 Å². The Morgan fingerprint density at radius 2 is 1.65 bits per heavy atom. The van der Waals surface area contributed by atoms with Crippen molar-refractivity contribution >= 4 is 38.9 Å². The second-order valence-electron chi connectivity index (χ2n) is 5.85. The zero-order valence-electron chi connectivity index (χ0n) is 14.4. The number of sulfonamides is 1. The van der Waals surface area contributed by atoms with E-state index in [1.807, 2.05) is 30.3 Å². The number of halogens is 2. The minimum Gasteiger partial charge on any atom is -0.491 e. The summed E-state index contributed by atoms with van der Waals surface area (Å²) in [4.78, 5) is 2.23. The number of nitrogens with zero attached hydrogens (tertiary/aromatic N) is 2. The van der Waals surface area contributed by atoms with E-state index in [1.54, 1.807) is 6.92 Å². The van der Waals surface area contributed by atoms with Crippen molar-refractivity contribution in [2.24, 2.45) is 0 Å². The van der Waals surface area contributed by atoms with Gasteiger partial charge in [-0.25, -0.2) is 8.42 Å². The second kappa shape index (κ2) is 8.05. The van der Waals surface area contributed by atoms with Crippen LogP contribution in [0.3, 0.4) is 0 Å². The van der Waals surface area contributed by atoms with Crippen LogP contribution in [0.5, 0.6) is 5.75 Å². The topological polar surface area (TPSA) is 49.9 Å². The molecular weight excluding hydrogens is 395 g/mol. The molecule has 140 valence electrons. The van der Waals surface area contributed by atoms with Gasteiger partial charge in [-0.1, -0.05) is 41.4 Å². The number of ether oxygens (including phenoxy) is 1. The van der Waals surface area contributed by atoms with Crippen molar-refractivity contribution in [3.63, 3.8) is 0 Å². The molecule has 0 saturated carbocycles. The molecule has 0 atom stereocenters. The number of hydrogen-bond donors (Lipinski definition) is 0. The molecule has 5 nitrogen and oxygen atoms in total. The maximum absolute atomic E-state index is 13.1. The van der Waals surface area contributed by atoms with Crippen molar-refractivity contribution in [1.29, 1.82) is 0 Å². The summed E-state index contributed by atoms with van der Waals surface area (Å²) in [5.74, 6) is 0.118. The van der Waals surface area contributed by atoms with Gasteiger partial charge in [0.1, 0.15) is 9.92 Å². The summed E-state index contributed by atoms with van der Waals surface area (Å²) in [7, 11) is -3.72. The van der Waals surface area contributed by atoms with Crippen LogP contribution in [0.4, 0.5) is 5.69 Å². The van der Waals surface area contributed by atoms with Crippen LogP contribution in [-0.4, -0.2) is 45.5 Å². The van der Waals surface area contributed by atoms with Crippen LogP contribution in [0.15, 0.2) is 47.4 Å². The van der Waals surface area contributed by atoms with Gasteiger partial charge in [-0.3, -0.25) is 0 Å². The molecule has 0 bridgehead atoms. The summed E-state index contributed by atoms with van der Waals surface area (Å²) < 4.78 is 33.2. The standard InChI is InChI=1S/C18H20Cl2N2O3S/c1-2-25-18-16(9-8-15(19)17(18)20)26(23,24)22-12-10-21(11-13-22)14-6-4-3-5-7-14/h3-9H,2,10-13H2,1H3. The van der Waals surface area contributed by atoms with E-state index >= 15 is 0 Å². The van der Waals surface area contributed by atoms with Crippen molar-refractivity contribution < 1.29 is 13.2 Å². The van der Waals surface area contributed by atoms with Crippen molar-refractivity contribution in [3.05, 3.63) is 52.5 Å². The number of piperazine rings is 1. The number of rotatable bonds is 5. The fourth-order valence-electron chi connectivity index (χ4n) is 2.96. The fraction of sp³-hybridized carbons (Fsp3) is 0.333. The Labute approximate surface area is 164 Å². The van der Waals surface area contributed by atoms with E-state index in [4.69, 9.17) is 27.9 Å². The van der Waals surface area contributed by atoms with Gasteiger partial charge in [0, 0.05) is 31.9 Å². The maximum Gasteiger partial charge on any atom is 0.246 e. The minimum absolute atomic E-state index is 0.0573. The van der Waals surface area contributed by atoms with Crippen LogP contribution in [0.2, 0.25) is 10.0 Å². The molecule has 0 radical (unpaired) electrons. The van der Waals surface area contributed by atoms with Gasteiger partial charge in [-0.15, -0.1) is 0 Å². The van der Waals surface area contributed by atoms with Gasteiger partial charge in [0.2, 0.25) is 10.0 Å². The van der Waals surface area contributed by atoms with Crippen LogP contribution in [0, 0.1) is 0 Å².